The van der Waals surface area contributed by atoms with Crippen LogP contribution in [-0.2, 0) is 17.8 Å². The molecule has 1 atom stereocenters. The molecule has 0 fully saturated rings. The second-order valence-corrected chi connectivity index (χ2v) is 6.45. The van der Waals surface area contributed by atoms with Gasteiger partial charge in [0, 0.05) is 10.8 Å². The first-order valence-electron chi connectivity index (χ1n) is 7.78. The number of aromatic amines is 1. The number of thiazole rings is 1. The van der Waals surface area contributed by atoms with Gasteiger partial charge in [0.15, 0.2) is 0 Å². The SMILES string of the molecule is CCc1nc(CNC(=O)[C@@H](C)c2n[nH]c(=O)c3ccccc23)cs1. The quantitative estimate of drug-likeness (QED) is 0.745. The smallest absolute Gasteiger partial charge is 0.272 e. The molecule has 0 aliphatic heterocycles. The van der Waals surface area contributed by atoms with Gasteiger partial charge in [-0.2, -0.15) is 5.10 Å². The lowest BCUT2D eigenvalue weighted by Gasteiger charge is -2.12. The highest BCUT2D eigenvalue weighted by Gasteiger charge is 2.20. The van der Waals surface area contributed by atoms with Gasteiger partial charge in [0.2, 0.25) is 5.91 Å². The van der Waals surface area contributed by atoms with Crippen LogP contribution in [0.2, 0.25) is 0 Å². The summed E-state index contributed by atoms with van der Waals surface area (Å²) in [7, 11) is 0. The Kier molecular flexibility index (Phi) is 4.71. The van der Waals surface area contributed by atoms with E-state index in [4.69, 9.17) is 0 Å². The van der Waals surface area contributed by atoms with E-state index in [9.17, 15) is 9.59 Å². The zero-order valence-electron chi connectivity index (χ0n) is 13.5. The van der Waals surface area contributed by atoms with Crippen LogP contribution < -0.4 is 10.9 Å². The average molecular weight is 342 g/mol. The van der Waals surface area contributed by atoms with Crippen LogP contribution >= 0.6 is 11.3 Å². The number of fused-ring (bicyclic) bond motifs is 1. The molecule has 6 nitrogen and oxygen atoms in total. The first-order valence-corrected chi connectivity index (χ1v) is 8.66. The van der Waals surface area contributed by atoms with Gasteiger partial charge in [-0.3, -0.25) is 9.59 Å². The fourth-order valence-electron chi connectivity index (χ4n) is 2.51. The van der Waals surface area contributed by atoms with Crippen molar-refractivity contribution in [1.29, 1.82) is 0 Å². The van der Waals surface area contributed by atoms with E-state index in [1.165, 1.54) is 0 Å². The summed E-state index contributed by atoms with van der Waals surface area (Å²) < 4.78 is 0. The van der Waals surface area contributed by atoms with Gasteiger partial charge in [-0.05, 0) is 19.4 Å². The van der Waals surface area contributed by atoms with Crippen LogP contribution in [0.3, 0.4) is 0 Å². The third-order valence-corrected chi connectivity index (χ3v) is 4.92. The highest BCUT2D eigenvalue weighted by Crippen LogP contribution is 2.21. The molecule has 0 saturated carbocycles. The number of amides is 1. The summed E-state index contributed by atoms with van der Waals surface area (Å²) in [4.78, 5) is 28.7. The number of nitrogens with one attached hydrogen (secondary N) is 2. The van der Waals surface area contributed by atoms with Crippen LogP contribution in [0.15, 0.2) is 34.4 Å². The molecule has 2 aromatic heterocycles. The van der Waals surface area contributed by atoms with Crippen molar-refractivity contribution in [2.75, 3.05) is 0 Å². The zero-order valence-corrected chi connectivity index (χ0v) is 14.3. The van der Waals surface area contributed by atoms with E-state index in [1.807, 2.05) is 17.5 Å². The molecule has 3 aromatic rings. The normalized spacial score (nSPS) is 12.2. The second kappa shape index (κ2) is 6.92. The molecule has 2 N–H and O–H groups in total. The van der Waals surface area contributed by atoms with Crippen LogP contribution in [0.1, 0.15) is 36.2 Å². The first kappa shape index (κ1) is 16.3. The number of rotatable bonds is 5. The van der Waals surface area contributed by atoms with Gasteiger partial charge in [-0.1, -0.05) is 25.1 Å². The van der Waals surface area contributed by atoms with Crippen molar-refractivity contribution < 1.29 is 4.79 Å². The molecule has 3 rings (SSSR count). The molecule has 124 valence electrons. The Morgan fingerprint density at radius 2 is 2.08 bits per heavy atom. The van der Waals surface area contributed by atoms with E-state index in [0.717, 1.165) is 17.1 Å². The number of aromatic nitrogens is 3. The van der Waals surface area contributed by atoms with Crippen molar-refractivity contribution >= 4 is 28.0 Å². The largest absolute Gasteiger partial charge is 0.350 e. The molecule has 0 unspecified atom stereocenters. The zero-order chi connectivity index (χ0) is 17.1. The predicted octanol–water partition coefficient (Wildman–Crippen LogP) is 2.36. The van der Waals surface area contributed by atoms with Crippen molar-refractivity contribution in [1.82, 2.24) is 20.5 Å². The van der Waals surface area contributed by atoms with E-state index < -0.39 is 5.92 Å². The Labute approximate surface area is 143 Å². The molecule has 0 aliphatic rings. The van der Waals surface area contributed by atoms with Crippen molar-refractivity contribution in [2.24, 2.45) is 0 Å². The van der Waals surface area contributed by atoms with E-state index in [2.05, 4.69) is 27.4 Å². The third-order valence-electron chi connectivity index (χ3n) is 3.87. The predicted molar refractivity (Wildman–Crippen MR) is 94.1 cm³/mol. The Morgan fingerprint density at radius 1 is 1.33 bits per heavy atom. The monoisotopic (exact) mass is 342 g/mol. The number of H-pyrrole nitrogens is 1. The van der Waals surface area contributed by atoms with Gasteiger partial charge in [-0.25, -0.2) is 10.1 Å². The molecule has 1 aromatic carbocycles. The van der Waals surface area contributed by atoms with Crippen LogP contribution in [0.25, 0.3) is 10.8 Å². The van der Waals surface area contributed by atoms with Crippen LogP contribution in [0.4, 0.5) is 0 Å². The molecule has 0 saturated heterocycles. The standard InChI is InChI=1S/C17H18N4O2S/c1-3-14-19-11(9-24-14)8-18-16(22)10(2)15-12-6-4-5-7-13(12)17(23)21-20-15/h4-7,9-10H,3,8H2,1-2H3,(H,18,22)(H,21,23)/t10-/m0/s1. The molecule has 7 heteroatoms. The van der Waals surface area contributed by atoms with E-state index >= 15 is 0 Å². The second-order valence-electron chi connectivity index (χ2n) is 5.51. The molecular formula is C17H18N4O2S. The van der Waals surface area contributed by atoms with Gasteiger partial charge < -0.3 is 5.32 Å². The Morgan fingerprint density at radius 3 is 2.79 bits per heavy atom. The van der Waals surface area contributed by atoms with Crippen molar-refractivity contribution in [3.8, 4) is 0 Å². The number of hydrogen-bond donors (Lipinski definition) is 2. The van der Waals surface area contributed by atoms with Gasteiger partial charge in [0.1, 0.15) is 0 Å². The molecule has 0 radical (unpaired) electrons. The summed E-state index contributed by atoms with van der Waals surface area (Å²) in [6.07, 6.45) is 0.891. The maximum absolute atomic E-state index is 12.5. The van der Waals surface area contributed by atoms with Crippen molar-refractivity contribution in [3.63, 3.8) is 0 Å². The highest BCUT2D eigenvalue weighted by atomic mass is 32.1. The maximum atomic E-state index is 12.5. The molecular weight excluding hydrogens is 324 g/mol. The minimum atomic E-state index is -0.476. The van der Waals surface area contributed by atoms with Crippen LogP contribution in [0.5, 0.6) is 0 Å². The van der Waals surface area contributed by atoms with Gasteiger partial charge in [0.25, 0.3) is 5.56 Å². The number of benzene rings is 1. The number of nitrogens with zero attached hydrogens (tertiary/aromatic N) is 2. The van der Waals surface area contributed by atoms with E-state index in [1.54, 1.807) is 30.4 Å². The molecule has 0 bridgehead atoms. The molecule has 0 aliphatic carbocycles. The Balaban J connectivity index is 1.78. The fraction of sp³-hybridized carbons (Fsp3) is 0.294. The lowest BCUT2D eigenvalue weighted by atomic mass is 10.0. The minimum Gasteiger partial charge on any atom is -0.350 e. The summed E-state index contributed by atoms with van der Waals surface area (Å²) in [6.45, 7) is 4.22. The molecule has 2 heterocycles. The topological polar surface area (TPSA) is 87.7 Å². The minimum absolute atomic E-state index is 0.147. The van der Waals surface area contributed by atoms with Gasteiger partial charge in [0.05, 0.1) is 34.2 Å². The Bertz CT molecular complexity index is 931. The van der Waals surface area contributed by atoms with Gasteiger partial charge in [-0.15, -0.1) is 11.3 Å². The summed E-state index contributed by atoms with van der Waals surface area (Å²) in [5, 5.41) is 13.7. The third kappa shape index (κ3) is 3.21. The lowest BCUT2D eigenvalue weighted by Crippen LogP contribution is -2.29. The van der Waals surface area contributed by atoms with E-state index in [-0.39, 0.29) is 11.5 Å². The fourth-order valence-corrected chi connectivity index (χ4v) is 3.26. The molecule has 1 amide bonds. The highest BCUT2D eigenvalue weighted by molar-refractivity contribution is 7.09. The summed E-state index contributed by atoms with van der Waals surface area (Å²) in [6, 6.07) is 7.16. The number of carbonyl (C=O) groups is 1. The summed E-state index contributed by atoms with van der Waals surface area (Å²) in [5.41, 5.74) is 1.17. The summed E-state index contributed by atoms with van der Waals surface area (Å²) in [5.74, 6) is -0.623. The van der Waals surface area contributed by atoms with Crippen LogP contribution in [0, 0.1) is 0 Å². The van der Waals surface area contributed by atoms with Crippen molar-refractivity contribution in [2.45, 2.75) is 32.7 Å². The van der Waals surface area contributed by atoms with Gasteiger partial charge >= 0.3 is 0 Å². The van der Waals surface area contributed by atoms with Crippen molar-refractivity contribution in [3.05, 3.63) is 56.4 Å². The summed E-state index contributed by atoms with van der Waals surface area (Å²) >= 11 is 1.59. The molecule has 0 spiro atoms. The average Bonchev–Trinajstić information content (AvgIpc) is 3.08. The molecule has 24 heavy (non-hydrogen) atoms. The Hall–Kier alpha value is -2.54. The number of aryl methyl sites for hydroxylation is 1. The maximum Gasteiger partial charge on any atom is 0.272 e. The number of hydrogen-bond acceptors (Lipinski definition) is 5. The number of carbonyl (C=O) groups excluding carboxylic acids is 1. The first-order chi connectivity index (χ1) is 11.6. The lowest BCUT2D eigenvalue weighted by molar-refractivity contribution is -0.122. The van der Waals surface area contributed by atoms with Crippen LogP contribution in [-0.4, -0.2) is 21.1 Å². The van der Waals surface area contributed by atoms with E-state index in [0.29, 0.717) is 23.0 Å².